The normalized spacial score (nSPS) is 22.0. The zero-order valence-corrected chi connectivity index (χ0v) is 11.1. The number of aliphatic hydroxyl groups excluding tert-OH is 1. The van der Waals surface area contributed by atoms with E-state index in [2.05, 4.69) is 4.98 Å². The van der Waals surface area contributed by atoms with Crippen LogP contribution in [-0.4, -0.2) is 55.2 Å². The van der Waals surface area contributed by atoms with Gasteiger partial charge < -0.3 is 9.84 Å². The van der Waals surface area contributed by atoms with Gasteiger partial charge in [-0.1, -0.05) is 11.6 Å². The molecular formula is C10H13ClN2O4S. The highest BCUT2D eigenvalue weighted by Crippen LogP contribution is 2.25. The summed E-state index contributed by atoms with van der Waals surface area (Å²) < 4.78 is 31.2. The summed E-state index contributed by atoms with van der Waals surface area (Å²) in [6, 6.07) is 0.836. The summed E-state index contributed by atoms with van der Waals surface area (Å²) in [5, 5.41) is 9.32. The average molecular weight is 293 g/mol. The van der Waals surface area contributed by atoms with Gasteiger partial charge in [0.15, 0.2) is 0 Å². The van der Waals surface area contributed by atoms with Crippen LogP contribution in [-0.2, 0) is 14.8 Å². The van der Waals surface area contributed by atoms with Gasteiger partial charge in [0.2, 0.25) is 10.0 Å². The van der Waals surface area contributed by atoms with E-state index in [-0.39, 0.29) is 29.7 Å². The van der Waals surface area contributed by atoms with Crippen LogP contribution < -0.4 is 0 Å². The molecule has 1 aromatic rings. The van der Waals surface area contributed by atoms with Gasteiger partial charge in [0.1, 0.15) is 4.90 Å². The van der Waals surface area contributed by atoms with E-state index in [1.165, 1.54) is 22.8 Å². The number of morpholine rings is 1. The fourth-order valence-electron chi connectivity index (χ4n) is 1.78. The Morgan fingerprint density at radius 2 is 2.39 bits per heavy atom. The predicted octanol–water partition coefficient (Wildman–Crippen LogP) is 0.117. The van der Waals surface area contributed by atoms with Crippen LogP contribution in [0.3, 0.4) is 0 Å². The highest BCUT2D eigenvalue weighted by molar-refractivity contribution is 7.89. The molecule has 1 saturated heterocycles. The maximum absolute atomic E-state index is 12.4. The van der Waals surface area contributed by atoms with Gasteiger partial charge in [-0.2, -0.15) is 4.31 Å². The van der Waals surface area contributed by atoms with E-state index in [1.54, 1.807) is 0 Å². The number of aromatic nitrogens is 1. The van der Waals surface area contributed by atoms with Crippen LogP contribution in [0.2, 0.25) is 5.02 Å². The monoisotopic (exact) mass is 292 g/mol. The number of hydrogen-bond acceptors (Lipinski definition) is 5. The van der Waals surface area contributed by atoms with Gasteiger partial charge in [0.25, 0.3) is 0 Å². The lowest BCUT2D eigenvalue weighted by atomic mass is 10.3. The first-order valence-electron chi connectivity index (χ1n) is 5.37. The van der Waals surface area contributed by atoms with E-state index in [1.807, 2.05) is 0 Å². The molecule has 0 bridgehead atoms. The smallest absolute Gasteiger partial charge is 0.246 e. The molecule has 100 valence electrons. The molecule has 1 aliphatic rings. The van der Waals surface area contributed by atoms with E-state index >= 15 is 0 Å². The van der Waals surface area contributed by atoms with Crippen molar-refractivity contribution in [2.24, 2.45) is 0 Å². The maximum Gasteiger partial charge on any atom is 0.246 e. The molecule has 0 saturated carbocycles. The standard InChI is InChI=1S/C10H13ClN2O4S/c11-9-1-2-12-5-10(9)18(15,16)13-3-4-17-7-8(13)6-14/h1-2,5,8,14H,3-4,6-7H2. The van der Waals surface area contributed by atoms with E-state index < -0.39 is 16.1 Å². The quantitative estimate of drug-likeness (QED) is 0.856. The Morgan fingerprint density at radius 3 is 3.06 bits per heavy atom. The van der Waals surface area contributed by atoms with E-state index in [9.17, 15) is 13.5 Å². The van der Waals surface area contributed by atoms with Crippen molar-refractivity contribution in [2.75, 3.05) is 26.4 Å². The molecule has 6 nitrogen and oxygen atoms in total. The molecule has 1 fully saturated rings. The fraction of sp³-hybridized carbons (Fsp3) is 0.500. The zero-order chi connectivity index (χ0) is 13.2. The first-order valence-corrected chi connectivity index (χ1v) is 7.19. The van der Waals surface area contributed by atoms with Gasteiger partial charge in [-0.05, 0) is 6.07 Å². The number of hydrogen-bond donors (Lipinski definition) is 1. The van der Waals surface area contributed by atoms with Crippen LogP contribution in [0.1, 0.15) is 0 Å². The van der Waals surface area contributed by atoms with Crippen molar-refractivity contribution in [2.45, 2.75) is 10.9 Å². The second kappa shape index (κ2) is 5.50. The van der Waals surface area contributed by atoms with Crippen LogP contribution in [0, 0.1) is 0 Å². The molecule has 8 heteroatoms. The van der Waals surface area contributed by atoms with Gasteiger partial charge in [-0.25, -0.2) is 8.42 Å². The van der Waals surface area contributed by atoms with Gasteiger partial charge >= 0.3 is 0 Å². The number of nitrogens with zero attached hydrogens (tertiary/aromatic N) is 2. The molecule has 1 atom stereocenters. The lowest BCUT2D eigenvalue weighted by Crippen LogP contribution is -2.50. The Kier molecular flexibility index (Phi) is 4.18. The van der Waals surface area contributed by atoms with Crippen molar-refractivity contribution in [3.63, 3.8) is 0 Å². The average Bonchev–Trinajstić information content (AvgIpc) is 2.39. The molecular weight excluding hydrogens is 280 g/mol. The molecule has 0 spiro atoms. The minimum atomic E-state index is -3.76. The summed E-state index contributed by atoms with van der Waals surface area (Å²) in [5.41, 5.74) is 0. The Labute approximate surface area is 110 Å². The predicted molar refractivity (Wildman–Crippen MR) is 64.8 cm³/mol. The summed E-state index contributed by atoms with van der Waals surface area (Å²) in [4.78, 5) is 3.72. The molecule has 0 aromatic carbocycles. The number of ether oxygens (including phenoxy) is 1. The molecule has 2 heterocycles. The Hall–Kier alpha value is -0.730. The summed E-state index contributed by atoms with van der Waals surface area (Å²) in [5.74, 6) is 0. The van der Waals surface area contributed by atoms with Crippen molar-refractivity contribution in [3.8, 4) is 0 Å². The first-order chi connectivity index (χ1) is 8.57. The van der Waals surface area contributed by atoms with Crippen molar-refractivity contribution < 1.29 is 18.3 Å². The first kappa shape index (κ1) is 13.7. The highest BCUT2D eigenvalue weighted by Gasteiger charge is 2.34. The van der Waals surface area contributed by atoms with Gasteiger partial charge in [0, 0.05) is 18.9 Å². The Balaban J connectivity index is 2.39. The molecule has 1 aliphatic heterocycles. The molecule has 1 unspecified atom stereocenters. The largest absolute Gasteiger partial charge is 0.395 e. The lowest BCUT2D eigenvalue weighted by molar-refractivity contribution is 0.0109. The molecule has 2 rings (SSSR count). The zero-order valence-electron chi connectivity index (χ0n) is 9.49. The molecule has 1 N–H and O–H groups in total. The third-order valence-electron chi connectivity index (χ3n) is 2.71. The molecule has 0 radical (unpaired) electrons. The SMILES string of the molecule is O=S(=O)(c1cnccc1Cl)N1CCOCC1CO. The Bertz CT molecular complexity index is 522. The summed E-state index contributed by atoms with van der Waals surface area (Å²) in [6.45, 7) is 0.372. The molecule has 0 amide bonds. The lowest BCUT2D eigenvalue weighted by Gasteiger charge is -2.33. The van der Waals surface area contributed by atoms with Crippen LogP contribution in [0.15, 0.2) is 23.4 Å². The third kappa shape index (κ3) is 2.50. The summed E-state index contributed by atoms with van der Waals surface area (Å²) in [7, 11) is -3.76. The van der Waals surface area contributed by atoms with Crippen molar-refractivity contribution in [1.29, 1.82) is 0 Å². The molecule has 0 aliphatic carbocycles. The minimum absolute atomic E-state index is 0.0491. The van der Waals surface area contributed by atoms with E-state index in [4.69, 9.17) is 16.3 Å². The number of pyridine rings is 1. The summed E-state index contributed by atoms with van der Waals surface area (Å²) in [6.07, 6.45) is 2.63. The van der Waals surface area contributed by atoms with Crippen molar-refractivity contribution in [1.82, 2.24) is 9.29 Å². The van der Waals surface area contributed by atoms with E-state index in [0.29, 0.717) is 6.61 Å². The maximum atomic E-state index is 12.4. The van der Waals surface area contributed by atoms with E-state index in [0.717, 1.165) is 0 Å². The summed E-state index contributed by atoms with van der Waals surface area (Å²) >= 11 is 5.88. The Morgan fingerprint density at radius 1 is 1.61 bits per heavy atom. The van der Waals surface area contributed by atoms with Crippen LogP contribution in [0.25, 0.3) is 0 Å². The number of aliphatic hydroxyl groups is 1. The van der Waals surface area contributed by atoms with Crippen LogP contribution in [0.4, 0.5) is 0 Å². The van der Waals surface area contributed by atoms with Crippen LogP contribution >= 0.6 is 11.6 Å². The van der Waals surface area contributed by atoms with Crippen LogP contribution in [0.5, 0.6) is 0 Å². The van der Waals surface area contributed by atoms with Gasteiger partial charge in [-0.15, -0.1) is 0 Å². The molecule has 1 aromatic heterocycles. The highest BCUT2D eigenvalue weighted by atomic mass is 35.5. The second-order valence-corrected chi connectivity index (χ2v) is 6.10. The molecule has 18 heavy (non-hydrogen) atoms. The number of rotatable bonds is 3. The van der Waals surface area contributed by atoms with Crippen molar-refractivity contribution >= 4 is 21.6 Å². The number of halogens is 1. The minimum Gasteiger partial charge on any atom is -0.395 e. The second-order valence-electron chi connectivity index (χ2n) is 3.83. The number of sulfonamides is 1. The van der Waals surface area contributed by atoms with Crippen molar-refractivity contribution in [3.05, 3.63) is 23.5 Å². The van der Waals surface area contributed by atoms with Gasteiger partial charge in [0.05, 0.1) is 30.9 Å². The third-order valence-corrected chi connectivity index (χ3v) is 5.13. The van der Waals surface area contributed by atoms with Gasteiger partial charge in [-0.3, -0.25) is 4.98 Å². The fourth-order valence-corrected chi connectivity index (χ4v) is 3.77. The topological polar surface area (TPSA) is 79.7 Å².